The minimum absolute atomic E-state index is 0.0611. The maximum absolute atomic E-state index is 12.6. The van der Waals surface area contributed by atoms with Crippen LogP contribution in [0.3, 0.4) is 0 Å². The molecule has 0 saturated carbocycles. The van der Waals surface area contributed by atoms with Crippen molar-refractivity contribution >= 4 is 29.3 Å². The normalized spacial score (nSPS) is 10.8. The largest absolute Gasteiger partial charge is 0.503 e. The molecule has 0 fully saturated rings. The topological polar surface area (TPSA) is 91.6 Å². The zero-order valence-corrected chi connectivity index (χ0v) is 18.1. The maximum Gasteiger partial charge on any atom is 0.266 e. The lowest BCUT2D eigenvalue weighted by Gasteiger charge is -2.09. The van der Waals surface area contributed by atoms with Gasteiger partial charge in [0.15, 0.2) is 11.5 Å². The molecule has 0 unspecified atom stereocenters. The van der Waals surface area contributed by atoms with Gasteiger partial charge in [-0.15, -0.1) is 0 Å². The summed E-state index contributed by atoms with van der Waals surface area (Å²) < 4.78 is 11.1. The molecule has 3 rings (SSSR count). The summed E-state index contributed by atoms with van der Waals surface area (Å²) in [6.45, 7) is 2.53. The third-order valence-electron chi connectivity index (χ3n) is 4.39. The van der Waals surface area contributed by atoms with Crippen LogP contribution in [0.25, 0.3) is 6.08 Å². The number of rotatable bonds is 8. The number of nitriles is 1. The van der Waals surface area contributed by atoms with E-state index in [9.17, 15) is 15.2 Å². The zero-order valence-electron chi connectivity index (χ0n) is 17.3. The minimum atomic E-state index is -0.576. The summed E-state index contributed by atoms with van der Waals surface area (Å²) in [7, 11) is 0. The lowest BCUT2D eigenvalue weighted by atomic mass is 10.1. The van der Waals surface area contributed by atoms with Crippen LogP contribution in [-0.2, 0) is 11.4 Å². The van der Waals surface area contributed by atoms with Crippen molar-refractivity contribution in [1.82, 2.24) is 0 Å². The van der Waals surface area contributed by atoms with Crippen molar-refractivity contribution in [1.29, 1.82) is 5.26 Å². The number of benzene rings is 3. The number of nitrogens with one attached hydrogen (secondary N) is 1. The zero-order chi connectivity index (χ0) is 22.9. The Hall–Kier alpha value is -3.95. The number of anilines is 1. The van der Waals surface area contributed by atoms with Crippen LogP contribution >= 0.6 is 11.6 Å². The van der Waals surface area contributed by atoms with Crippen LogP contribution in [0.4, 0.5) is 5.69 Å². The molecule has 0 aliphatic carbocycles. The van der Waals surface area contributed by atoms with Gasteiger partial charge in [0.1, 0.15) is 24.0 Å². The van der Waals surface area contributed by atoms with Crippen molar-refractivity contribution in [2.24, 2.45) is 0 Å². The van der Waals surface area contributed by atoms with Crippen molar-refractivity contribution < 1.29 is 19.4 Å². The SMILES string of the molecule is CCOc1cc(/C=C(\C#N)C(=O)Nc2ccc(OCc3ccccc3)cc2)cc(Cl)c1O. The number of hydrogen-bond donors (Lipinski definition) is 2. The number of carbonyl (C=O) groups excluding carboxylic acids is 1. The number of ether oxygens (including phenoxy) is 2. The van der Waals surface area contributed by atoms with E-state index in [-0.39, 0.29) is 22.1 Å². The number of nitrogens with zero attached hydrogens (tertiary/aromatic N) is 1. The summed E-state index contributed by atoms with van der Waals surface area (Å²) in [5, 5.41) is 22.1. The van der Waals surface area contributed by atoms with Gasteiger partial charge in [0.05, 0.1) is 11.6 Å². The Morgan fingerprint density at radius 1 is 1.12 bits per heavy atom. The number of phenols is 1. The molecular formula is C25H21ClN2O4. The van der Waals surface area contributed by atoms with Gasteiger partial charge < -0.3 is 19.9 Å². The average molecular weight is 449 g/mol. The first kappa shape index (κ1) is 22.7. The lowest BCUT2D eigenvalue weighted by Crippen LogP contribution is -2.13. The van der Waals surface area contributed by atoms with Crippen molar-refractivity contribution in [2.75, 3.05) is 11.9 Å². The van der Waals surface area contributed by atoms with Crippen LogP contribution in [0.2, 0.25) is 5.02 Å². The van der Waals surface area contributed by atoms with Crippen LogP contribution in [0.1, 0.15) is 18.1 Å². The van der Waals surface area contributed by atoms with Gasteiger partial charge in [-0.2, -0.15) is 5.26 Å². The molecule has 0 aromatic heterocycles. The van der Waals surface area contributed by atoms with Crippen LogP contribution < -0.4 is 14.8 Å². The fourth-order valence-corrected chi connectivity index (χ4v) is 3.05. The Balaban J connectivity index is 1.68. The Bertz CT molecular complexity index is 1150. The summed E-state index contributed by atoms with van der Waals surface area (Å²) in [6, 6.07) is 21.5. The Morgan fingerprint density at radius 2 is 1.84 bits per heavy atom. The highest BCUT2D eigenvalue weighted by atomic mass is 35.5. The molecule has 0 bridgehead atoms. The van der Waals surface area contributed by atoms with Crippen LogP contribution in [0.15, 0.2) is 72.3 Å². The number of hydrogen-bond acceptors (Lipinski definition) is 5. The highest BCUT2D eigenvalue weighted by Gasteiger charge is 2.13. The van der Waals surface area contributed by atoms with E-state index < -0.39 is 5.91 Å². The number of aromatic hydroxyl groups is 1. The van der Waals surface area contributed by atoms with Crippen LogP contribution in [-0.4, -0.2) is 17.6 Å². The van der Waals surface area contributed by atoms with Crippen LogP contribution in [0.5, 0.6) is 17.2 Å². The quantitative estimate of drug-likeness (QED) is 0.347. The molecule has 0 spiro atoms. The third kappa shape index (κ3) is 6.03. The number of amides is 1. The van der Waals surface area contributed by atoms with Gasteiger partial charge in [0, 0.05) is 5.69 Å². The van der Waals surface area contributed by atoms with E-state index in [4.69, 9.17) is 21.1 Å². The Morgan fingerprint density at radius 3 is 2.50 bits per heavy atom. The highest BCUT2D eigenvalue weighted by molar-refractivity contribution is 6.32. The van der Waals surface area contributed by atoms with E-state index in [0.29, 0.717) is 30.2 Å². The molecule has 3 aromatic carbocycles. The molecule has 3 aromatic rings. The van der Waals surface area contributed by atoms with Gasteiger partial charge in [0.25, 0.3) is 5.91 Å². The van der Waals surface area contributed by atoms with Gasteiger partial charge in [-0.1, -0.05) is 41.9 Å². The molecule has 32 heavy (non-hydrogen) atoms. The highest BCUT2D eigenvalue weighted by Crippen LogP contribution is 2.35. The Kier molecular flexibility index (Phi) is 7.74. The molecule has 0 atom stereocenters. The standard InChI is InChI=1S/C25H21ClN2O4/c1-2-31-23-14-18(13-22(26)24(23)29)12-19(15-27)25(30)28-20-8-10-21(11-9-20)32-16-17-6-4-3-5-7-17/h3-14,29H,2,16H2,1H3,(H,28,30)/b19-12+. The molecule has 162 valence electrons. The first-order valence-corrected chi connectivity index (χ1v) is 10.2. The molecular weight excluding hydrogens is 428 g/mol. The molecule has 0 heterocycles. The molecule has 2 N–H and O–H groups in total. The molecule has 0 radical (unpaired) electrons. The summed E-state index contributed by atoms with van der Waals surface area (Å²) >= 11 is 6.02. The molecule has 0 aliphatic heterocycles. The van der Waals surface area contributed by atoms with E-state index in [1.807, 2.05) is 36.4 Å². The smallest absolute Gasteiger partial charge is 0.266 e. The lowest BCUT2D eigenvalue weighted by molar-refractivity contribution is -0.112. The third-order valence-corrected chi connectivity index (χ3v) is 4.68. The second-order valence-electron chi connectivity index (χ2n) is 6.71. The van der Waals surface area contributed by atoms with E-state index in [2.05, 4.69) is 5.32 Å². The molecule has 7 heteroatoms. The first-order chi connectivity index (χ1) is 15.5. The predicted octanol–water partition coefficient (Wildman–Crippen LogP) is 5.57. The number of carbonyl (C=O) groups is 1. The van der Waals surface area contributed by atoms with Gasteiger partial charge in [-0.3, -0.25) is 4.79 Å². The first-order valence-electron chi connectivity index (χ1n) is 9.85. The van der Waals surface area contributed by atoms with Gasteiger partial charge in [-0.05, 0) is 60.5 Å². The fourth-order valence-electron chi connectivity index (χ4n) is 2.83. The average Bonchev–Trinajstić information content (AvgIpc) is 2.81. The summed E-state index contributed by atoms with van der Waals surface area (Å²) in [5.41, 5.74) is 1.89. The molecule has 0 aliphatic rings. The molecule has 0 saturated heterocycles. The minimum Gasteiger partial charge on any atom is -0.503 e. The molecule has 1 amide bonds. The van der Waals surface area contributed by atoms with Crippen molar-refractivity contribution in [3.63, 3.8) is 0 Å². The predicted molar refractivity (Wildman–Crippen MR) is 124 cm³/mol. The maximum atomic E-state index is 12.6. The second kappa shape index (κ2) is 10.9. The van der Waals surface area contributed by atoms with Crippen LogP contribution in [0, 0.1) is 11.3 Å². The monoisotopic (exact) mass is 448 g/mol. The van der Waals surface area contributed by atoms with Crippen molar-refractivity contribution in [3.05, 3.63) is 88.5 Å². The van der Waals surface area contributed by atoms with Gasteiger partial charge >= 0.3 is 0 Å². The number of phenolic OH excluding ortho intramolecular Hbond substituents is 1. The van der Waals surface area contributed by atoms with E-state index >= 15 is 0 Å². The summed E-state index contributed by atoms with van der Waals surface area (Å²) in [6.07, 6.45) is 1.38. The van der Waals surface area contributed by atoms with E-state index in [1.54, 1.807) is 31.2 Å². The second-order valence-corrected chi connectivity index (χ2v) is 7.11. The fraction of sp³-hybridized carbons (Fsp3) is 0.120. The van der Waals surface area contributed by atoms with E-state index in [1.165, 1.54) is 18.2 Å². The number of halogens is 1. The van der Waals surface area contributed by atoms with Gasteiger partial charge in [0.2, 0.25) is 0 Å². The molecule has 6 nitrogen and oxygen atoms in total. The summed E-state index contributed by atoms with van der Waals surface area (Å²) in [4.78, 5) is 12.6. The summed E-state index contributed by atoms with van der Waals surface area (Å²) in [5.74, 6) is 0.0657. The Labute approximate surface area is 191 Å². The van der Waals surface area contributed by atoms with Crippen molar-refractivity contribution in [2.45, 2.75) is 13.5 Å². The van der Waals surface area contributed by atoms with E-state index in [0.717, 1.165) is 5.56 Å². The van der Waals surface area contributed by atoms with Gasteiger partial charge in [-0.25, -0.2) is 0 Å². The van der Waals surface area contributed by atoms with Crippen molar-refractivity contribution in [3.8, 4) is 23.3 Å².